The number of benzene rings is 1. The first kappa shape index (κ1) is 21.7. The SMILES string of the molecule is CCCN(C(=O)c1cnc(OC(C)C)c(Cl)c1)C(C)C(=O)Nc1ccccc1. The molecule has 0 saturated carbocycles. The van der Waals surface area contributed by atoms with E-state index >= 15 is 0 Å². The largest absolute Gasteiger partial charge is 0.474 e. The van der Waals surface area contributed by atoms with Gasteiger partial charge in [-0.3, -0.25) is 9.59 Å². The number of nitrogens with one attached hydrogen (secondary N) is 1. The van der Waals surface area contributed by atoms with Gasteiger partial charge in [0.05, 0.1) is 11.7 Å². The van der Waals surface area contributed by atoms with Crippen molar-refractivity contribution in [1.82, 2.24) is 9.88 Å². The van der Waals surface area contributed by atoms with Crippen LogP contribution in [0.5, 0.6) is 5.88 Å². The number of carbonyl (C=O) groups is 2. The molecule has 2 aromatic rings. The summed E-state index contributed by atoms with van der Waals surface area (Å²) in [5.74, 6) is -0.278. The fourth-order valence-corrected chi connectivity index (χ4v) is 2.85. The van der Waals surface area contributed by atoms with E-state index in [-0.39, 0.29) is 28.8 Å². The number of halogens is 1. The van der Waals surface area contributed by atoms with E-state index < -0.39 is 6.04 Å². The highest BCUT2D eigenvalue weighted by atomic mass is 35.5. The summed E-state index contributed by atoms with van der Waals surface area (Å²) in [6.07, 6.45) is 2.06. The molecule has 0 spiro atoms. The second-order valence-electron chi connectivity index (χ2n) is 6.71. The third-order valence-electron chi connectivity index (χ3n) is 4.02. The van der Waals surface area contributed by atoms with E-state index in [0.717, 1.165) is 0 Å². The van der Waals surface area contributed by atoms with E-state index in [1.807, 2.05) is 39.0 Å². The summed E-state index contributed by atoms with van der Waals surface area (Å²) in [5, 5.41) is 3.10. The number of carbonyl (C=O) groups excluding carboxylic acids is 2. The van der Waals surface area contributed by atoms with Gasteiger partial charge in [-0.25, -0.2) is 4.98 Å². The lowest BCUT2D eigenvalue weighted by atomic mass is 10.1. The maximum atomic E-state index is 13.0. The minimum Gasteiger partial charge on any atom is -0.474 e. The molecule has 1 heterocycles. The number of aromatic nitrogens is 1. The molecule has 1 aromatic carbocycles. The lowest BCUT2D eigenvalue weighted by Gasteiger charge is -2.28. The Hall–Kier alpha value is -2.60. The van der Waals surface area contributed by atoms with E-state index in [1.54, 1.807) is 19.1 Å². The van der Waals surface area contributed by atoms with Crippen molar-refractivity contribution in [2.45, 2.75) is 46.3 Å². The first-order valence-corrected chi connectivity index (χ1v) is 9.70. The summed E-state index contributed by atoms with van der Waals surface area (Å²) in [7, 11) is 0. The second-order valence-corrected chi connectivity index (χ2v) is 7.11. The van der Waals surface area contributed by atoms with Crippen molar-refractivity contribution >= 4 is 29.1 Å². The minimum absolute atomic E-state index is 0.0788. The monoisotopic (exact) mass is 403 g/mol. The maximum Gasteiger partial charge on any atom is 0.256 e. The lowest BCUT2D eigenvalue weighted by Crippen LogP contribution is -2.46. The Morgan fingerprint density at radius 1 is 1.21 bits per heavy atom. The van der Waals surface area contributed by atoms with Gasteiger partial charge >= 0.3 is 0 Å². The molecule has 0 fully saturated rings. The zero-order valence-electron chi connectivity index (χ0n) is 16.6. The van der Waals surface area contributed by atoms with Crippen LogP contribution in [0.2, 0.25) is 5.02 Å². The Balaban J connectivity index is 2.18. The number of nitrogens with zero attached hydrogens (tertiary/aromatic N) is 2. The van der Waals surface area contributed by atoms with E-state index in [4.69, 9.17) is 16.3 Å². The molecule has 1 aromatic heterocycles. The predicted octanol–water partition coefficient (Wildman–Crippen LogP) is 4.40. The van der Waals surface area contributed by atoms with Gasteiger partial charge in [0, 0.05) is 18.4 Å². The zero-order valence-corrected chi connectivity index (χ0v) is 17.4. The molecule has 0 saturated heterocycles. The molecule has 0 aliphatic rings. The van der Waals surface area contributed by atoms with Crippen molar-refractivity contribution in [2.24, 2.45) is 0 Å². The number of amides is 2. The molecule has 1 atom stereocenters. The van der Waals surface area contributed by atoms with Gasteiger partial charge in [0.2, 0.25) is 11.8 Å². The van der Waals surface area contributed by atoms with E-state index in [0.29, 0.717) is 24.2 Å². The van der Waals surface area contributed by atoms with Crippen LogP contribution >= 0.6 is 11.6 Å². The smallest absolute Gasteiger partial charge is 0.256 e. The lowest BCUT2D eigenvalue weighted by molar-refractivity contribution is -0.120. The van der Waals surface area contributed by atoms with Crippen LogP contribution in [0.25, 0.3) is 0 Å². The van der Waals surface area contributed by atoms with Gasteiger partial charge < -0.3 is 15.0 Å². The first-order valence-electron chi connectivity index (χ1n) is 9.32. The summed E-state index contributed by atoms with van der Waals surface area (Å²) in [5.41, 5.74) is 0.997. The molecule has 6 nitrogen and oxygen atoms in total. The number of pyridine rings is 1. The molecule has 1 N–H and O–H groups in total. The summed E-state index contributed by atoms with van der Waals surface area (Å²) in [6.45, 7) is 7.83. The minimum atomic E-state index is -0.655. The van der Waals surface area contributed by atoms with Gasteiger partial charge in [-0.1, -0.05) is 36.7 Å². The third kappa shape index (κ3) is 5.70. The molecule has 0 aliphatic carbocycles. The Kier molecular flexibility index (Phi) is 7.81. The molecular formula is C21H26ClN3O3. The molecule has 7 heteroatoms. The van der Waals surface area contributed by atoms with Crippen LogP contribution < -0.4 is 10.1 Å². The summed E-state index contributed by atoms with van der Waals surface area (Å²) in [6, 6.07) is 10.0. The molecule has 2 rings (SSSR count). The standard InChI is InChI=1S/C21H26ClN3O3/c1-5-11-25(15(4)19(26)24-17-9-7-6-8-10-17)21(27)16-12-18(22)20(23-13-16)28-14(2)3/h6-10,12-15H,5,11H2,1-4H3,(H,24,26). The molecule has 0 aliphatic heterocycles. The number of ether oxygens (including phenoxy) is 1. The van der Waals surface area contributed by atoms with Crippen LogP contribution in [0.3, 0.4) is 0 Å². The Morgan fingerprint density at radius 3 is 2.46 bits per heavy atom. The van der Waals surface area contributed by atoms with Crippen LogP contribution in [0.1, 0.15) is 44.5 Å². The topological polar surface area (TPSA) is 71.5 Å². The number of hydrogen-bond donors (Lipinski definition) is 1. The predicted molar refractivity (Wildman–Crippen MR) is 111 cm³/mol. The van der Waals surface area contributed by atoms with E-state index in [2.05, 4.69) is 10.3 Å². The Labute approximate surface area is 170 Å². The van der Waals surface area contributed by atoms with Crippen molar-refractivity contribution in [3.8, 4) is 5.88 Å². The van der Waals surface area contributed by atoms with Gasteiger partial charge in [-0.15, -0.1) is 0 Å². The van der Waals surface area contributed by atoms with Crippen LogP contribution in [-0.2, 0) is 4.79 Å². The van der Waals surface area contributed by atoms with Crippen LogP contribution in [0.4, 0.5) is 5.69 Å². The highest BCUT2D eigenvalue weighted by Gasteiger charge is 2.27. The Bertz CT molecular complexity index is 812. The molecule has 150 valence electrons. The molecule has 2 amide bonds. The average Bonchev–Trinajstić information content (AvgIpc) is 2.67. The first-order chi connectivity index (χ1) is 13.3. The van der Waals surface area contributed by atoms with Gasteiger partial charge in [0.1, 0.15) is 11.1 Å². The zero-order chi connectivity index (χ0) is 20.7. The van der Waals surface area contributed by atoms with Crippen LogP contribution in [0.15, 0.2) is 42.6 Å². The van der Waals surface area contributed by atoms with Crippen LogP contribution in [0, 0.1) is 0 Å². The van der Waals surface area contributed by atoms with Crippen molar-refractivity contribution in [2.75, 3.05) is 11.9 Å². The van der Waals surface area contributed by atoms with Crippen molar-refractivity contribution < 1.29 is 14.3 Å². The van der Waals surface area contributed by atoms with Gasteiger partial charge in [0.25, 0.3) is 5.91 Å². The molecule has 1 unspecified atom stereocenters. The van der Waals surface area contributed by atoms with Crippen molar-refractivity contribution in [3.63, 3.8) is 0 Å². The van der Waals surface area contributed by atoms with Crippen molar-refractivity contribution in [1.29, 1.82) is 0 Å². The fraction of sp³-hybridized carbons (Fsp3) is 0.381. The fourth-order valence-electron chi connectivity index (χ4n) is 2.64. The normalized spacial score (nSPS) is 11.8. The summed E-state index contributed by atoms with van der Waals surface area (Å²) >= 11 is 6.21. The number of anilines is 1. The summed E-state index contributed by atoms with van der Waals surface area (Å²) in [4.78, 5) is 31.3. The van der Waals surface area contributed by atoms with Gasteiger partial charge in [0.15, 0.2) is 0 Å². The number of rotatable bonds is 8. The van der Waals surface area contributed by atoms with E-state index in [9.17, 15) is 9.59 Å². The molecular weight excluding hydrogens is 378 g/mol. The Morgan fingerprint density at radius 2 is 1.89 bits per heavy atom. The highest BCUT2D eigenvalue weighted by Crippen LogP contribution is 2.24. The summed E-state index contributed by atoms with van der Waals surface area (Å²) < 4.78 is 5.51. The molecule has 0 radical (unpaired) electrons. The number of hydrogen-bond acceptors (Lipinski definition) is 4. The van der Waals surface area contributed by atoms with E-state index in [1.165, 1.54) is 17.2 Å². The average molecular weight is 404 g/mol. The maximum absolute atomic E-state index is 13.0. The molecule has 0 bridgehead atoms. The quantitative estimate of drug-likeness (QED) is 0.709. The second kappa shape index (κ2) is 10.1. The highest BCUT2D eigenvalue weighted by molar-refractivity contribution is 6.32. The van der Waals surface area contributed by atoms with Gasteiger partial charge in [-0.2, -0.15) is 0 Å². The van der Waals surface area contributed by atoms with Crippen molar-refractivity contribution in [3.05, 3.63) is 53.2 Å². The third-order valence-corrected chi connectivity index (χ3v) is 4.29. The van der Waals surface area contributed by atoms with Crippen LogP contribution in [-0.4, -0.2) is 40.4 Å². The molecule has 28 heavy (non-hydrogen) atoms. The number of para-hydroxylation sites is 1. The van der Waals surface area contributed by atoms with Gasteiger partial charge in [-0.05, 0) is 45.4 Å².